The monoisotopic (exact) mass is 255 g/mol. The Bertz CT molecular complexity index is 670. The lowest BCUT2D eigenvalue weighted by atomic mass is 10.1. The summed E-state index contributed by atoms with van der Waals surface area (Å²) >= 11 is 1.71. The van der Waals surface area contributed by atoms with E-state index in [0.717, 1.165) is 27.4 Å². The summed E-state index contributed by atoms with van der Waals surface area (Å²) in [5, 5.41) is 1.04. The van der Waals surface area contributed by atoms with Crippen molar-refractivity contribution in [2.75, 3.05) is 7.11 Å². The van der Waals surface area contributed by atoms with Gasteiger partial charge in [0.05, 0.1) is 17.3 Å². The summed E-state index contributed by atoms with van der Waals surface area (Å²) in [6.45, 7) is 2.04. The zero-order valence-corrected chi connectivity index (χ0v) is 11.1. The fourth-order valence-electron chi connectivity index (χ4n) is 1.95. The van der Waals surface area contributed by atoms with Gasteiger partial charge in [0.25, 0.3) is 0 Å². The van der Waals surface area contributed by atoms with Gasteiger partial charge in [0.1, 0.15) is 10.8 Å². The van der Waals surface area contributed by atoms with Crippen molar-refractivity contribution in [2.45, 2.75) is 6.92 Å². The van der Waals surface area contributed by atoms with Gasteiger partial charge in [-0.2, -0.15) is 0 Å². The number of rotatable bonds is 2. The minimum Gasteiger partial charge on any atom is -0.496 e. The molecule has 1 heterocycles. The molecule has 0 saturated heterocycles. The van der Waals surface area contributed by atoms with Crippen LogP contribution in [0, 0.1) is 6.92 Å². The normalized spacial score (nSPS) is 10.8. The number of hydrogen-bond acceptors (Lipinski definition) is 3. The maximum atomic E-state index is 5.36. The number of hydrogen-bond donors (Lipinski definition) is 0. The molecule has 3 rings (SSSR count). The lowest BCUT2D eigenvalue weighted by Crippen LogP contribution is -1.87. The van der Waals surface area contributed by atoms with Gasteiger partial charge in [-0.1, -0.05) is 24.3 Å². The van der Waals surface area contributed by atoms with E-state index in [0.29, 0.717) is 0 Å². The smallest absolute Gasteiger partial charge is 0.124 e. The zero-order chi connectivity index (χ0) is 12.5. The van der Waals surface area contributed by atoms with Crippen LogP contribution in [0.5, 0.6) is 5.75 Å². The maximum Gasteiger partial charge on any atom is 0.124 e. The third-order valence-electron chi connectivity index (χ3n) is 2.95. The molecule has 0 unspecified atom stereocenters. The number of aromatic nitrogens is 1. The summed E-state index contributed by atoms with van der Waals surface area (Å²) in [4.78, 5) is 4.65. The molecular formula is C15H13NOS. The number of thiazole rings is 1. The first kappa shape index (κ1) is 11.2. The second-order valence-corrected chi connectivity index (χ2v) is 5.20. The molecule has 2 aromatic carbocycles. The third-order valence-corrected chi connectivity index (χ3v) is 4.03. The molecule has 0 N–H and O–H groups in total. The van der Waals surface area contributed by atoms with Gasteiger partial charge in [0.2, 0.25) is 0 Å². The molecular weight excluding hydrogens is 242 g/mol. The highest BCUT2D eigenvalue weighted by molar-refractivity contribution is 7.21. The Labute approximate surface area is 110 Å². The van der Waals surface area contributed by atoms with E-state index in [2.05, 4.69) is 23.2 Å². The van der Waals surface area contributed by atoms with E-state index in [1.54, 1.807) is 18.4 Å². The topological polar surface area (TPSA) is 22.1 Å². The summed E-state index contributed by atoms with van der Waals surface area (Å²) in [5.41, 5.74) is 3.30. The van der Waals surface area contributed by atoms with Crippen LogP contribution in [0.1, 0.15) is 5.56 Å². The summed E-state index contributed by atoms with van der Waals surface area (Å²) in [6.07, 6.45) is 0. The van der Waals surface area contributed by atoms with Crippen LogP contribution in [0.2, 0.25) is 0 Å². The predicted molar refractivity (Wildman–Crippen MR) is 76.3 cm³/mol. The number of methoxy groups -OCH3 is 1. The van der Waals surface area contributed by atoms with Gasteiger partial charge in [-0.05, 0) is 30.7 Å². The van der Waals surface area contributed by atoms with Crippen LogP contribution in [-0.2, 0) is 0 Å². The Morgan fingerprint density at radius 3 is 2.72 bits per heavy atom. The molecule has 3 heteroatoms. The number of fused-ring (bicyclic) bond motifs is 1. The van der Waals surface area contributed by atoms with Gasteiger partial charge in [0.15, 0.2) is 0 Å². The van der Waals surface area contributed by atoms with Gasteiger partial charge >= 0.3 is 0 Å². The molecule has 0 fully saturated rings. The van der Waals surface area contributed by atoms with Crippen molar-refractivity contribution in [3.63, 3.8) is 0 Å². The molecule has 1 aromatic heterocycles. The van der Waals surface area contributed by atoms with Gasteiger partial charge in [0, 0.05) is 5.56 Å². The van der Waals surface area contributed by atoms with Gasteiger partial charge in [-0.15, -0.1) is 11.3 Å². The SMILES string of the molecule is COc1cc(-c2nc3ccccc3s2)ccc1C. The minimum atomic E-state index is 0.909. The lowest BCUT2D eigenvalue weighted by Gasteiger charge is -2.05. The van der Waals surface area contributed by atoms with Crippen molar-refractivity contribution in [3.8, 4) is 16.3 Å². The van der Waals surface area contributed by atoms with E-state index in [1.807, 2.05) is 31.2 Å². The summed E-state index contributed by atoms with van der Waals surface area (Å²) in [7, 11) is 1.70. The Morgan fingerprint density at radius 2 is 1.94 bits per heavy atom. The van der Waals surface area contributed by atoms with Crippen LogP contribution >= 0.6 is 11.3 Å². The van der Waals surface area contributed by atoms with E-state index >= 15 is 0 Å². The molecule has 0 aliphatic carbocycles. The van der Waals surface area contributed by atoms with E-state index < -0.39 is 0 Å². The Balaban J connectivity index is 2.13. The second kappa shape index (κ2) is 4.42. The summed E-state index contributed by atoms with van der Waals surface area (Å²) in [5.74, 6) is 0.909. The number of ether oxygens (including phenoxy) is 1. The summed E-state index contributed by atoms with van der Waals surface area (Å²) in [6, 6.07) is 14.4. The molecule has 0 atom stereocenters. The Hall–Kier alpha value is -1.87. The van der Waals surface area contributed by atoms with Crippen molar-refractivity contribution < 1.29 is 4.74 Å². The zero-order valence-electron chi connectivity index (χ0n) is 10.3. The molecule has 3 aromatic rings. The van der Waals surface area contributed by atoms with Crippen LogP contribution in [0.4, 0.5) is 0 Å². The van der Waals surface area contributed by atoms with E-state index in [9.17, 15) is 0 Å². The average molecular weight is 255 g/mol. The Kier molecular flexibility index (Phi) is 2.76. The standard InChI is InChI=1S/C15H13NOS/c1-10-7-8-11(9-13(10)17-2)15-16-12-5-3-4-6-14(12)18-15/h3-9H,1-2H3. The first-order valence-corrected chi connectivity index (χ1v) is 6.60. The molecule has 0 aliphatic rings. The van der Waals surface area contributed by atoms with E-state index in [1.165, 1.54) is 4.70 Å². The van der Waals surface area contributed by atoms with Crippen LogP contribution in [0.25, 0.3) is 20.8 Å². The fourth-order valence-corrected chi connectivity index (χ4v) is 2.91. The molecule has 0 saturated carbocycles. The highest BCUT2D eigenvalue weighted by atomic mass is 32.1. The third kappa shape index (κ3) is 1.87. The van der Waals surface area contributed by atoms with Crippen molar-refractivity contribution in [2.24, 2.45) is 0 Å². The van der Waals surface area contributed by atoms with Gasteiger partial charge < -0.3 is 4.74 Å². The quantitative estimate of drug-likeness (QED) is 0.682. The van der Waals surface area contributed by atoms with Gasteiger partial charge in [-0.3, -0.25) is 0 Å². The van der Waals surface area contributed by atoms with Crippen LogP contribution in [-0.4, -0.2) is 12.1 Å². The second-order valence-electron chi connectivity index (χ2n) is 4.17. The molecule has 18 heavy (non-hydrogen) atoms. The van der Waals surface area contributed by atoms with Crippen LogP contribution < -0.4 is 4.74 Å². The molecule has 2 nitrogen and oxygen atoms in total. The summed E-state index contributed by atoms with van der Waals surface area (Å²) < 4.78 is 6.57. The maximum absolute atomic E-state index is 5.36. The number of para-hydroxylation sites is 1. The van der Waals surface area contributed by atoms with Gasteiger partial charge in [-0.25, -0.2) is 4.98 Å². The lowest BCUT2D eigenvalue weighted by molar-refractivity contribution is 0.412. The highest BCUT2D eigenvalue weighted by Gasteiger charge is 2.07. The van der Waals surface area contributed by atoms with E-state index in [-0.39, 0.29) is 0 Å². The van der Waals surface area contributed by atoms with Crippen molar-refractivity contribution in [3.05, 3.63) is 48.0 Å². The Morgan fingerprint density at radius 1 is 1.11 bits per heavy atom. The van der Waals surface area contributed by atoms with Crippen molar-refractivity contribution >= 4 is 21.6 Å². The molecule has 0 radical (unpaired) electrons. The molecule has 0 spiro atoms. The molecule has 90 valence electrons. The first-order chi connectivity index (χ1) is 8.78. The average Bonchev–Trinajstić information content (AvgIpc) is 2.83. The van der Waals surface area contributed by atoms with Crippen molar-refractivity contribution in [1.82, 2.24) is 4.98 Å². The van der Waals surface area contributed by atoms with Crippen molar-refractivity contribution in [1.29, 1.82) is 0 Å². The number of nitrogens with zero attached hydrogens (tertiary/aromatic N) is 1. The first-order valence-electron chi connectivity index (χ1n) is 5.78. The predicted octanol–water partition coefficient (Wildman–Crippen LogP) is 4.28. The highest BCUT2D eigenvalue weighted by Crippen LogP contribution is 2.32. The molecule has 0 aliphatic heterocycles. The molecule has 0 bridgehead atoms. The number of aryl methyl sites for hydroxylation is 1. The fraction of sp³-hybridized carbons (Fsp3) is 0.133. The van der Waals surface area contributed by atoms with Crippen LogP contribution in [0.15, 0.2) is 42.5 Å². The van der Waals surface area contributed by atoms with Crippen LogP contribution in [0.3, 0.4) is 0 Å². The van der Waals surface area contributed by atoms with E-state index in [4.69, 9.17) is 4.74 Å². The number of benzene rings is 2. The minimum absolute atomic E-state index is 0.909. The molecule has 0 amide bonds. The largest absolute Gasteiger partial charge is 0.496 e.